The lowest BCUT2D eigenvalue weighted by atomic mass is 10.1. The van der Waals surface area contributed by atoms with Crippen LogP contribution in [0.5, 0.6) is 5.75 Å². The molecule has 0 aliphatic heterocycles. The average molecular weight is 351 g/mol. The molecule has 0 aromatic heterocycles. The first-order chi connectivity index (χ1) is 11.2. The molecule has 1 rings (SSSR count). The fourth-order valence-corrected chi connectivity index (χ4v) is 2.96. The van der Waals surface area contributed by atoms with Crippen molar-refractivity contribution in [1.82, 2.24) is 4.90 Å². The molecule has 0 heterocycles. The topological polar surface area (TPSA) is 47.8 Å². The average Bonchev–Trinajstić information content (AvgIpc) is 2.48. The Hall–Kier alpha value is -1.79. The highest BCUT2D eigenvalue weighted by Gasteiger charge is 2.23. The molecule has 24 heavy (non-hydrogen) atoms. The van der Waals surface area contributed by atoms with Gasteiger partial charge in [0.1, 0.15) is 11.8 Å². The van der Waals surface area contributed by atoms with Crippen molar-refractivity contribution in [2.24, 2.45) is 0 Å². The monoisotopic (exact) mass is 350 g/mol. The van der Waals surface area contributed by atoms with Crippen LogP contribution in [0.2, 0.25) is 19.6 Å². The van der Waals surface area contributed by atoms with Crippen molar-refractivity contribution >= 4 is 14.5 Å². The third kappa shape index (κ3) is 6.76. The molecule has 0 fully saturated rings. The van der Waals surface area contributed by atoms with Crippen molar-refractivity contribution in [2.45, 2.75) is 39.5 Å². The molecule has 1 aromatic carbocycles. The van der Waals surface area contributed by atoms with E-state index in [9.17, 15) is 5.21 Å². The van der Waals surface area contributed by atoms with E-state index in [0.29, 0.717) is 11.4 Å². The molecule has 0 N–H and O–H groups in total. The Bertz CT molecular complexity index is 565. The fraction of sp³-hybridized carbons (Fsp3) is 0.500. The molecule has 0 radical (unpaired) electrons. The molecule has 134 valence electrons. The van der Waals surface area contributed by atoms with Gasteiger partial charge in [-0.3, -0.25) is 10.1 Å². The number of hydrogen-bond donors (Lipinski definition) is 0. The van der Waals surface area contributed by atoms with E-state index >= 15 is 0 Å². The molecule has 6 heteroatoms. The fourth-order valence-electron chi connectivity index (χ4n) is 2.36. The zero-order valence-corrected chi connectivity index (χ0v) is 16.7. The van der Waals surface area contributed by atoms with E-state index in [-0.39, 0.29) is 6.04 Å². The van der Waals surface area contributed by atoms with Crippen molar-refractivity contribution in [3.63, 3.8) is 0 Å². The number of nitrogens with zero attached hydrogens (tertiary/aromatic N) is 2. The maximum Gasteiger partial charge on any atom is 0.230 e. The number of likely N-dealkylation sites (N-methyl/N-ethyl adjacent to an activating group) is 1. The molecule has 0 spiro atoms. The van der Waals surface area contributed by atoms with Gasteiger partial charge < -0.3 is 9.26 Å². The molecular formula is C18H30N2O3Si. The van der Waals surface area contributed by atoms with Crippen LogP contribution in [-0.4, -0.2) is 44.5 Å². The van der Waals surface area contributed by atoms with E-state index < -0.39 is 8.32 Å². The summed E-state index contributed by atoms with van der Waals surface area (Å²) in [6, 6.07) is 7.57. The zero-order chi connectivity index (χ0) is 18.3. The third-order valence-corrected chi connectivity index (χ3v) is 4.08. The number of hydrogen-bond acceptors (Lipinski definition) is 4. The quantitative estimate of drug-likeness (QED) is 0.222. The van der Waals surface area contributed by atoms with Gasteiger partial charge in [-0.05, 0) is 31.2 Å². The van der Waals surface area contributed by atoms with Gasteiger partial charge >= 0.3 is 0 Å². The van der Waals surface area contributed by atoms with Crippen LogP contribution < -0.4 is 4.74 Å². The van der Waals surface area contributed by atoms with E-state index in [0.717, 1.165) is 23.4 Å². The van der Waals surface area contributed by atoms with E-state index in [1.165, 1.54) is 0 Å². The van der Waals surface area contributed by atoms with Crippen LogP contribution >= 0.6 is 0 Å². The second kappa shape index (κ2) is 8.89. The van der Waals surface area contributed by atoms with E-state index in [1.807, 2.05) is 50.8 Å². The van der Waals surface area contributed by atoms with Gasteiger partial charge in [0.2, 0.25) is 6.21 Å². The lowest BCUT2D eigenvalue weighted by Crippen LogP contribution is -2.35. The molecule has 0 aliphatic rings. The summed E-state index contributed by atoms with van der Waals surface area (Å²) in [7, 11) is -0.316. The Labute approximate surface area is 146 Å². The molecule has 0 saturated carbocycles. The van der Waals surface area contributed by atoms with Crippen LogP contribution in [0.4, 0.5) is 0 Å². The van der Waals surface area contributed by atoms with Gasteiger partial charge in [-0.15, -0.1) is 0 Å². The van der Waals surface area contributed by atoms with Crippen molar-refractivity contribution in [1.29, 1.82) is 0 Å². The van der Waals surface area contributed by atoms with Gasteiger partial charge in [0.25, 0.3) is 0 Å². The van der Waals surface area contributed by atoms with Crippen molar-refractivity contribution < 1.29 is 14.2 Å². The minimum Gasteiger partial charge on any atom is -0.497 e. The van der Waals surface area contributed by atoms with Gasteiger partial charge in [0.05, 0.1) is 7.11 Å². The molecule has 1 atom stereocenters. The molecule has 5 nitrogen and oxygen atoms in total. The Morgan fingerprint density at radius 2 is 1.92 bits per heavy atom. The van der Waals surface area contributed by atoms with Gasteiger partial charge in [0, 0.05) is 11.4 Å². The van der Waals surface area contributed by atoms with Gasteiger partial charge in [-0.1, -0.05) is 50.8 Å². The Morgan fingerprint density at radius 3 is 2.33 bits per heavy atom. The third-order valence-electron chi connectivity index (χ3n) is 3.36. The normalized spacial score (nSPS) is 13.7. The largest absolute Gasteiger partial charge is 0.497 e. The van der Waals surface area contributed by atoms with Gasteiger partial charge in [-0.25, -0.2) is 0 Å². The highest BCUT2D eigenvalue weighted by molar-refractivity contribution is 6.69. The minimum absolute atomic E-state index is 0.188. The highest BCUT2D eigenvalue weighted by atomic mass is 28.4. The number of rotatable bonds is 9. The van der Waals surface area contributed by atoms with E-state index in [2.05, 4.69) is 18.4 Å². The predicted octanol–water partition coefficient (Wildman–Crippen LogP) is 3.98. The molecule has 1 aromatic rings. The Kier molecular flexibility index (Phi) is 7.50. The van der Waals surface area contributed by atoms with Crippen LogP contribution in [0.3, 0.4) is 0 Å². The Balaban J connectivity index is 3.18. The maximum absolute atomic E-state index is 12.3. The van der Waals surface area contributed by atoms with Gasteiger partial charge in [-0.2, -0.15) is 0 Å². The van der Waals surface area contributed by atoms with Crippen LogP contribution in [0.15, 0.2) is 36.4 Å². The van der Waals surface area contributed by atoms with Crippen molar-refractivity contribution in [2.75, 3.05) is 20.2 Å². The first-order valence-electron chi connectivity index (χ1n) is 8.19. The number of methoxy groups -OCH3 is 1. The first kappa shape index (κ1) is 20.3. The molecule has 1 unspecified atom stereocenters. The summed E-state index contributed by atoms with van der Waals surface area (Å²) in [5, 5.41) is 12.3. The molecule has 0 bridgehead atoms. The summed E-state index contributed by atoms with van der Waals surface area (Å²) in [4.78, 5) is 2.81. The van der Waals surface area contributed by atoms with E-state index in [1.54, 1.807) is 13.3 Å². The summed E-state index contributed by atoms with van der Waals surface area (Å²) < 4.78 is 10.7. The summed E-state index contributed by atoms with van der Waals surface area (Å²) in [5.74, 6) is 0.790. The number of ether oxygens (including phenoxy) is 1. The van der Waals surface area contributed by atoms with E-state index in [4.69, 9.17) is 9.26 Å². The maximum atomic E-state index is 12.3. The SMILES string of the molecule is C=C(C)CN(CC)C(/C=[N+](\[O-])O[Si](C)(C)C)c1ccc(OC)cc1. The molecule has 0 aliphatic carbocycles. The lowest BCUT2D eigenvalue weighted by Gasteiger charge is -2.28. The Morgan fingerprint density at radius 1 is 1.33 bits per heavy atom. The van der Waals surface area contributed by atoms with Crippen LogP contribution in [0, 0.1) is 5.21 Å². The first-order valence-corrected chi connectivity index (χ1v) is 11.6. The molecule has 0 saturated heterocycles. The summed E-state index contributed by atoms with van der Waals surface area (Å²) in [6.07, 6.45) is 1.59. The molecule has 0 amide bonds. The summed E-state index contributed by atoms with van der Waals surface area (Å²) in [6.45, 7) is 15.5. The second-order valence-corrected chi connectivity index (χ2v) is 11.3. The summed E-state index contributed by atoms with van der Waals surface area (Å²) >= 11 is 0. The second-order valence-electron chi connectivity index (χ2n) is 6.88. The van der Waals surface area contributed by atoms with Gasteiger partial charge in [0.15, 0.2) is 8.32 Å². The van der Waals surface area contributed by atoms with Crippen LogP contribution in [-0.2, 0) is 4.53 Å². The minimum atomic E-state index is -1.95. The lowest BCUT2D eigenvalue weighted by molar-refractivity contribution is -0.701. The zero-order valence-electron chi connectivity index (χ0n) is 15.7. The predicted molar refractivity (Wildman–Crippen MR) is 102 cm³/mol. The number of benzene rings is 1. The summed E-state index contributed by atoms with van der Waals surface area (Å²) in [5.41, 5.74) is 2.06. The highest BCUT2D eigenvalue weighted by Crippen LogP contribution is 2.22. The molecular weight excluding hydrogens is 320 g/mol. The van der Waals surface area contributed by atoms with Crippen LogP contribution in [0.1, 0.15) is 25.5 Å². The standard InChI is InChI=1S/C18H30N2O3Si/c1-8-19(13-15(2)3)18(14-20(21)23-24(5,6)7)16-9-11-17(22-4)12-10-16/h9-12,14,18H,2,8,13H2,1,3-7H3/b20-14+. The van der Waals surface area contributed by atoms with Crippen molar-refractivity contribution in [3.05, 3.63) is 47.2 Å². The van der Waals surface area contributed by atoms with Crippen molar-refractivity contribution in [3.8, 4) is 5.75 Å². The van der Waals surface area contributed by atoms with Crippen LogP contribution in [0.25, 0.3) is 0 Å². The smallest absolute Gasteiger partial charge is 0.230 e.